The Labute approximate surface area is 175 Å². The Bertz CT molecular complexity index is 938. The van der Waals surface area contributed by atoms with Crippen LogP contribution in [0.5, 0.6) is 0 Å². The number of nitrogens with zero attached hydrogens (tertiary/aromatic N) is 1. The number of carbonyl (C=O) groups is 3. The molecule has 8 nitrogen and oxygen atoms in total. The molecular formula is C22H24N4O4. The number of ether oxygens (including phenoxy) is 1. The lowest BCUT2D eigenvalue weighted by atomic mass is 10.0. The minimum absolute atomic E-state index is 0.262. The number of anilines is 2. The smallest absolute Gasteiger partial charge is 0.329 e. The number of nitrogens with one attached hydrogen (secondary N) is 3. The topological polar surface area (TPSA) is 120 Å². The second-order valence-electron chi connectivity index (χ2n) is 6.95. The van der Waals surface area contributed by atoms with Crippen LogP contribution in [0, 0.1) is 17.2 Å². The zero-order valence-corrected chi connectivity index (χ0v) is 17.0. The summed E-state index contributed by atoms with van der Waals surface area (Å²) in [6.07, 6.45) is -1.09. The zero-order valence-electron chi connectivity index (χ0n) is 17.0. The van der Waals surface area contributed by atoms with Gasteiger partial charge in [0.25, 0.3) is 5.91 Å². The van der Waals surface area contributed by atoms with Crippen LogP contribution in [0.1, 0.15) is 26.3 Å². The second-order valence-corrected chi connectivity index (χ2v) is 6.95. The van der Waals surface area contributed by atoms with E-state index >= 15 is 0 Å². The van der Waals surface area contributed by atoms with E-state index in [1.165, 1.54) is 13.0 Å². The molecule has 0 aromatic heterocycles. The molecule has 0 radical (unpaired) electrons. The molecule has 2 atom stereocenters. The minimum atomic E-state index is -1.09. The molecule has 3 amide bonds. The molecule has 0 saturated carbocycles. The van der Waals surface area contributed by atoms with Gasteiger partial charge in [-0.2, -0.15) is 5.26 Å². The van der Waals surface area contributed by atoms with Crippen LogP contribution < -0.4 is 16.0 Å². The number of nitriles is 1. The summed E-state index contributed by atoms with van der Waals surface area (Å²) in [5, 5.41) is 16.7. The van der Waals surface area contributed by atoms with Crippen molar-refractivity contribution in [1.29, 1.82) is 5.26 Å². The van der Waals surface area contributed by atoms with Gasteiger partial charge in [-0.15, -0.1) is 0 Å². The van der Waals surface area contributed by atoms with E-state index in [1.807, 2.05) is 12.1 Å². The molecule has 0 saturated heterocycles. The number of urea groups is 1. The molecule has 0 bridgehead atoms. The third-order valence-corrected chi connectivity index (χ3v) is 4.16. The molecule has 2 aromatic carbocycles. The fourth-order valence-electron chi connectivity index (χ4n) is 2.54. The quantitative estimate of drug-likeness (QED) is 0.607. The Morgan fingerprint density at radius 3 is 2.23 bits per heavy atom. The monoisotopic (exact) mass is 408 g/mol. The van der Waals surface area contributed by atoms with E-state index in [0.29, 0.717) is 16.9 Å². The number of carbonyl (C=O) groups excluding carboxylic acids is 3. The van der Waals surface area contributed by atoms with Gasteiger partial charge in [0.15, 0.2) is 6.10 Å². The van der Waals surface area contributed by atoms with E-state index < -0.39 is 30.1 Å². The third kappa shape index (κ3) is 6.63. The fraction of sp³-hybridized carbons (Fsp3) is 0.273. The van der Waals surface area contributed by atoms with Gasteiger partial charge >= 0.3 is 12.0 Å². The van der Waals surface area contributed by atoms with Crippen LogP contribution in [0.25, 0.3) is 0 Å². The third-order valence-electron chi connectivity index (χ3n) is 4.16. The Hall–Kier alpha value is -3.86. The van der Waals surface area contributed by atoms with Crippen LogP contribution >= 0.6 is 0 Å². The molecule has 3 N–H and O–H groups in total. The summed E-state index contributed by atoms with van der Waals surface area (Å²) < 4.78 is 5.26. The molecule has 156 valence electrons. The number of amides is 3. The second kappa shape index (κ2) is 10.6. The Kier molecular flexibility index (Phi) is 7.94. The molecule has 2 aromatic rings. The average molecular weight is 408 g/mol. The van der Waals surface area contributed by atoms with Gasteiger partial charge < -0.3 is 20.7 Å². The van der Waals surface area contributed by atoms with Gasteiger partial charge in [0, 0.05) is 11.4 Å². The first-order valence-electron chi connectivity index (χ1n) is 9.44. The predicted molar refractivity (Wildman–Crippen MR) is 113 cm³/mol. The maximum absolute atomic E-state index is 12.6. The van der Waals surface area contributed by atoms with Gasteiger partial charge in [-0.3, -0.25) is 4.79 Å². The Morgan fingerprint density at radius 1 is 0.933 bits per heavy atom. The maximum atomic E-state index is 12.6. The SMILES string of the molecule is CC(C)[C@@H](NC(=O)Nc1ccccc1)C(=O)O[C@@H](C)C(=O)Nc1cccc(C#N)c1. The van der Waals surface area contributed by atoms with Crippen molar-refractivity contribution in [3.05, 3.63) is 60.2 Å². The first-order valence-corrected chi connectivity index (χ1v) is 9.44. The van der Waals surface area contributed by atoms with E-state index in [4.69, 9.17) is 10.00 Å². The lowest BCUT2D eigenvalue weighted by molar-refractivity contribution is -0.156. The summed E-state index contributed by atoms with van der Waals surface area (Å²) in [7, 11) is 0. The molecule has 0 aliphatic carbocycles. The van der Waals surface area contributed by atoms with E-state index in [2.05, 4.69) is 16.0 Å². The summed E-state index contributed by atoms with van der Waals surface area (Å²) in [6.45, 7) is 4.95. The molecule has 0 heterocycles. The van der Waals surface area contributed by atoms with E-state index in [0.717, 1.165) is 0 Å². The molecule has 0 fully saturated rings. The van der Waals surface area contributed by atoms with Gasteiger partial charge in [0.05, 0.1) is 11.6 Å². The van der Waals surface area contributed by atoms with Gasteiger partial charge in [-0.1, -0.05) is 38.1 Å². The normalized spacial score (nSPS) is 12.2. The van der Waals surface area contributed by atoms with Crippen molar-refractivity contribution in [2.45, 2.75) is 32.9 Å². The van der Waals surface area contributed by atoms with Crippen molar-refractivity contribution in [3.63, 3.8) is 0 Å². The number of hydrogen-bond acceptors (Lipinski definition) is 5. The number of hydrogen-bond donors (Lipinski definition) is 3. The molecule has 0 aliphatic heterocycles. The predicted octanol–water partition coefficient (Wildman–Crippen LogP) is 3.27. The van der Waals surface area contributed by atoms with Crippen LogP contribution in [0.15, 0.2) is 54.6 Å². The van der Waals surface area contributed by atoms with Gasteiger partial charge in [0.2, 0.25) is 0 Å². The lowest BCUT2D eigenvalue weighted by Crippen LogP contribution is -2.48. The summed E-state index contributed by atoms with van der Waals surface area (Å²) in [4.78, 5) is 37.1. The molecule has 0 unspecified atom stereocenters. The largest absolute Gasteiger partial charge is 0.451 e. The minimum Gasteiger partial charge on any atom is -0.451 e. The lowest BCUT2D eigenvalue weighted by Gasteiger charge is -2.23. The molecular weight excluding hydrogens is 384 g/mol. The highest BCUT2D eigenvalue weighted by molar-refractivity contribution is 5.96. The van der Waals surface area contributed by atoms with Crippen LogP contribution in [0.4, 0.5) is 16.2 Å². The number of para-hydroxylation sites is 1. The number of rotatable bonds is 7. The van der Waals surface area contributed by atoms with E-state index in [9.17, 15) is 14.4 Å². The van der Waals surface area contributed by atoms with Crippen molar-refractivity contribution in [3.8, 4) is 6.07 Å². The maximum Gasteiger partial charge on any atom is 0.329 e. The van der Waals surface area contributed by atoms with Crippen molar-refractivity contribution >= 4 is 29.3 Å². The molecule has 0 spiro atoms. The molecule has 30 heavy (non-hydrogen) atoms. The molecule has 8 heteroatoms. The Morgan fingerprint density at radius 2 is 1.60 bits per heavy atom. The number of benzene rings is 2. The summed E-state index contributed by atoms with van der Waals surface area (Å²) in [5.41, 5.74) is 1.40. The standard InChI is InChI=1S/C22H24N4O4/c1-14(2)19(26-22(29)25-17-9-5-4-6-10-17)21(28)30-15(3)20(27)24-18-11-7-8-16(12-18)13-23/h4-12,14-15,19H,1-3H3,(H,24,27)(H2,25,26,29)/t15-,19+/m0/s1. The van der Waals surface area contributed by atoms with Crippen LogP contribution in [0.3, 0.4) is 0 Å². The Balaban J connectivity index is 1.95. The van der Waals surface area contributed by atoms with Crippen molar-refractivity contribution < 1.29 is 19.1 Å². The highest BCUT2D eigenvalue weighted by Gasteiger charge is 2.29. The highest BCUT2D eigenvalue weighted by atomic mass is 16.5. The van der Waals surface area contributed by atoms with Crippen molar-refractivity contribution in [2.75, 3.05) is 10.6 Å². The van der Waals surface area contributed by atoms with Gasteiger partial charge in [-0.05, 0) is 43.2 Å². The van der Waals surface area contributed by atoms with Crippen LogP contribution in [-0.2, 0) is 14.3 Å². The first-order chi connectivity index (χ1) is 14.3. The van der Waals surface area contributed by atoms with Crippen molar-refractivity contribution in [2.24, 2.45) is 5.92 Å². The zero-order chi connectivity index (χ0) is 22.1. The summed E-state index contributed by atoms with van der Waals surface area (Å²) in [6, 6.07) is 15.7. The summed E-state index contributed by atoms with van der Waals surface area (Å²) >= 11 is 0. The van der Waals surface area contributed by atoms with Crippen LogP contribution in [0.2, 0.25) is 0 Å². The highest BCUT2D eigenvalue weighted by Crippen LogP contribution is 2.12. The van der Waals surface area contributed by atoms with Crippen LogP contribution in [-0.4, -0.2) is 30.1 Å². The molecule has 2 rings (SSSR count). The van der Waals surface area contributed by atoms with Crippen molar-refractivity contribution in [1.82, 2.24) is 5.32 Å². The van der Waals surface area contributed by atoms with E-state index in [-0.39, 0.29) is 5.92 Å². The fourth-order valence-corrected chi connectivity index (χ4v) is 2.54. The average Bonchev–Trinajstić information content (AvgIpc) is 2.72. The van der Waals surface area contributed by atoms with Gasteiger partial charge in [-0.25, -0.2) is 9.59 Å². The number of esters is 1. The first kappa shape index (κ1) is 22.4. The van der Waals surface area contributed by atoms with Gasteiger partial charge in [0.1, 0.15) is 6.04 Å². The van der Waals surface area contributed by atoms with E-state index in [1.54, 1.807) is 56.3 Å². The molecule has 0 aliphatic rings. The summed E-state index contributed by atoms with van der Waals surface area (Å²) in [5.74, 6) is -1.53.